The highest BCUT2D eigenvalue weighted by atomic mass is 16.5. The van der Waals surface area contributed by atoms with Gasteiger partial charge in [-0.3, -0.25) is 9.58 Å². The molecule has 7 heteroatoms. The molecule has 0 N–H and O–H groups in total. The standard InChI is InChI=1S/C17H25N5O2/c1-3-15(23-12-1)17-19-16(20-24-17)13-21-9-4-14(5-10-21)6-11-22-8-2-7-18-22/h2,7-8,14-15H,1,3-6,9-13H2. The molecule has 2 saturated heterocycles. The van der Waals surface area contributed by atoms with Crippen LogP contribution in [-0.2, 0) is 17.8 Å². The van der Waals surface area contributed by atoms with Crippen molar-refractivity contribution in [3.8, 4) is 0 Å². The molecule has 0 spiro atoms. The first-order valence-corrected chi connectivity index (χ1v) is 9.01. The Morgan fingerprint density at radius 1 is 1.21 bits per heavy atom. The molecule has 2 aromatic rings. The maximum absolute atomic E-state index is 5.60. The Hall–Kier alpha value is -1.73. The van der Waals surface area contributed by atoms with Crippen molar-refractivity contribution < 1.29 is 9.26 Å². The number of aromatic nitrogens is 4. The predicted octanol–water partition coefficient (Wildman–Crippen LogP) is 2.42. The molecule has 0 bridgehead atoms. The zero-order valence-electron chi connectivity index (χ0n) is 14.0. The van der Waals surface area contributed by atoms with Crippen LogP contribution in [0.1, 0.15) is 49.9 Å². The molecular formula is C17H25N5O2. The number of hydrogen-bond donors (Lipinski definition) is 0. The third-order valence-electron chi connectivity index (χ3n) is 5.09. The van der Waals surface area contributed by atoms with Crippen molar-refractivity contribution >= 4 is 0 Å². The van der Waals surface area contributed by atoms with Crippen LogP contribution < -0.4 is 0 Å². The average Bonchev–Trinajstić information content (AvgIpc) is 3.36. The lowest BCUT2D eigenvalue weighted by atomic mass is 9.93. The van der Waals surface area contributed by atoms with Gasteiger partial charge in [0, 0.05) is 25.5 Å². The maximum Gasteiger partial charge on any atom is 0.255 e. The van der Waals surface area contributed by atoms with Crippen molar-refractivity contribution in [3.63, 3.8) is 0 Å². The molecule has 0 saturated carbocycles. The Balaban J connectivity index is 1.21. The van der Waals surface area contributed by atoms with Crippen LogP contribution in [-0.4, -0.2) is 44.5 Å². The van der Waals surface area contributed by atoms with E-state index in [9.17, 15) is 0 Å². The van der Waals surface area contributed by atoms with Crippen LogP contribution in [0.25, 0.3) is 0 Å². The predicted molar refractivity (Wildman–Crippen MR) is 87.1 cm³/mol. The summed E-state index contributed by atoms with van der Waals surface area (Å²) < 4.78 is 13.0. The summed E-state index contributed by atoms with van der Waals surface area (Å²) in [5.74, 6) is 2.23. The van der Waals surface area contributed by atoms with Gasteiger partial charge < -0.3 is 9.26 Å². The highest BCUT2D eigenvalue weighted by molar-refractivity contribution is 4.92. The molecule has 2 aliphatic rings. The Bertz CT molecular complexity index is 613. The summed E-state index contributed by atoms with van der Waals surface area (Å²) >= 11 is 0. The van der Waals surface area contributed by atoms with E-state index in [2.05, 4.69) is 20.1 Å². The molecule has 2 aromatic heterocycles. The number of piperidine rings is 1. The van der Waals surface area contributed by atoms with Crippen molar-refractivity contribution in [2.24, 2.45) is 5.92 Å². The van der Waals surface area contributed by atoms with Gasteiger partial charge in [-0.15, -0.1) is 0 Å². The molecule has 2 aliphatic heterocycles. The van der Waals surface area contributed by atoms with Crippen LogP contribution >= 0.6 is 0 Å². The summed E-state index contributed by atoms with van der Waals surface area (Å²) in [6.45, 7) is 4.81. The summed E-state index contributed by atoms with van der Waals surface area (Å²) in [6.07, 6.45) is 9.64. The highest BCUT2D eigenvalue weighted by Crippen LogP contribution is 2.27. The van der Waals surface area contributed by atoms with Gasteiger partial charge in [-0.05, 0) is 57.2 Å². The lowest BCUT2D eigenvalue weighted by Gasteiger charge is -2.31. The quantitative estimate of drug-likeness (QED) is 0.810. The van der Waals surface area contributed by atoms with E-state index in [1.807, 2.05) is 23.1 Å². The first-order chi connectivity index (χ1) is 11.9. The van der Waals surface area contributed by atoms with Gasteiger partial charge in [0.15, 0.2) is 5.82 Å². The Labute approximate surface area is 142 Å². The van der Waals surface area contributed by atoms with Gasteiger partial charge in [-0.1, -0.05) is 5.16 Å². The van der Waals surface area contributed by atoms with E-state index in [0.29, 0.717) is 5.89 Å². The maximum atomic E-state index is 5.60. The first kappa shape index (κ1) is 15.8. The van der Waals surface area contributed by atoms with E-state index in [0.717, 1.165) is 57.4 Å². The van der Waals surface area contributed by atoms with E-state index in [1.54, 1.807) is 0 Å². The van der Waals surface area contributed by atoms with E-state index >= 15 is 0 Å². The van der Waals surface area contributed by atoms with Gasteiger partial charge in [0.05, 0.1) is 6.54 Å². The van der Waals surface area contributed by atoms with E-state index in [-0.39, 0.29) is 6.10 Å². The fourth-order valence-electron chi connectivity index (χ4n) is 3.62. The Morgan fingerprint density at radius 2 is 2.12 bits per heavy atom. The summed E-state index contributed by atoms with van der Waals surface area (Å²) in [4.78, 5) is 6.94. The smallest absolute Gasteiger partial charge is 0.255 e. The van der Waals surface area contributed by atoms with Crippen LogP contribution in [0, 0.1) is 5.92 Å². The third-order valence-corrected chi connectivity index (χ3v) is 5.09. The van der Waals surface area contributed by atoms with Crippen molar-refractivity contribution in [2.45, 2.75) is 51.3 Å². The van der Waals surface area contributed by atoms with Crippen molar-refractivity contribution in [1.29, 1.82) is 0 Å². The highest BCUT2D eigenvalue weighted by Gasteiger charge is 2.25. The molecule has 4 heterocycles. The summed E-state index contributed by atoms with van der Waals surface area (Å²) in [5.41, 5.74) is 0. The van der Waals surface area contributed by atoms with Gasteiger partial charge in [-0.2, -0.15) is 10.1 Å². The van der Waals surface area contributed by atoms with Crippen LogP contribution in [0.2, 0.25) is 0 Å². The minimum absolute atomic E-state index is 0.0132. The van der Waals surface area contributed by atoms with Crippen LogP contribution in [0.3, 0.4) is 0 Å². The number of aryl methyl sites for hydroxylation is 1. The molecule has 130 valence electrons. The molecule has 0 aromatic carbocycles. The molecule has 7 nitrogen and oxygen atoms in total. The SMILES string of the molecule is c1cnn(CCC2CCN(Cc3noc(C4CCCO4)n3)CC2)c1. The number of likely N-dealkylation sites (tertiary alicyclic amines) is 1. The fraction of sp³-hybridized carbons (Fsp3) is 0.706. The zero-order valence-corrected chi connectivity index (χ0v) is 14.0. The molecule has 0 radical (unpaired) electrons. The third kappa shape index (κ3) is 3.84. The number of hydrogen-bond acceptors (Lipinski definition) is 6. The van der Waals surface area contributed by atoms with Gasteiger partial charge >= 0.3 is 0 Å². The van der Waals surface area contributed by atoms with Crippen molar-refractivity contribution in [2.75, 3.05) is 19.7 Å². The van der Waals surface area contributed by atoms with Gasteiger partial charge in [-0.25, -0.2) is 0 Å². The molecule has 0 amide bonds. The molecule has 0 aliphatic carbocycles. The number of nitrogens with zero attached hydrogens (tertiary/aromatic N) is 5. The second-order valence-electron chi connectivity index (χ2n) is 6.83. The second kappa shape index (κ2) is 7.44. The van der Waals surface area contributed by atoms with Crippen LogP contribution in [0.5, 0.6) is 0 Å². The number of rotatable bonds is 6. The lowest BCUT2D eigenvalue weighted by Crippen LogP contribution is -2.33. The summed E-state index contributed by atoms with van der Waals surface area (Å²) in [5, 5.41) is 8.40. The van der Waals surface area contributed by atoms with Gasteiger partial charge in [0.25, 0.3) is 5.89 Å². The normalized spacial score (nSPS) is 23.1. The van der Waals surface area contributed by atoms with Crippen LogP contribution in [0.15, 0.2) is 23.0 Å². The van der Waals surface area contributed by atoms with E-state index < -0.39 is 0 Å². The molecule has 24 heavy (non-hydrogen) atoms. The minimum atomic E-state index is 0.0132. The molecule has 4 rings (SSSR count). The molecule has 1 atom stereocenters. The van der Waals surface area contributed by atoms with Gasteiger partial charge in [0.2, 0.25) is 0 Å². The second-order valence-corrected chi connectivity index (χ2v) is 6.83. The monoisotopic (exact) mass is 331 g/mol. The van der Waals surface area contributed by atoms with E-state index in [4.69, 9.17) is 9.26 Å². The summed E-state index contributed by atoms with van der Waals surface area (Å²) in [6, 6.07) is 1.98. The molecule has 1 unspecified atom stereocenters. The zero-order chi connectivity index (χ0) is 16.2. The fourth-order valence-corrected chi connectivity index (χ4v) is 3.62. The van der Waals surface area contributed by atoms with Crippen molar-refractivity contribution in [3.05, 3.63) is 30.2 Å². The molecular weight excluding hydrogens is 306 g/mol. The van der Waals surface area contributed by atoms with Crippen molar-refractivity contribution in [1.82, 2.24) is 24.8 Å². The summed E-state index contributed by atoms with van der Waals surface area (Å²) in [7, 11) is 0. The Kier molecular flexibility index (Phi) is 4.89. The Morgan fingerprint density at radius 3 is 2.88 bits per heavy atom. The minimum Gasteiger partial charge on any atom is -0.368 e. The van der Waals surface area contributed by atoms with E-state index in [1.165, 1.54) is 19.3 Å². The van der Waals surface area contributed by atoms with Gasteiger partial charge in [0.1, 0.15) is 6.10 Å². The van der Waals surface area contributed by atoms with Crippen LogP contribution in [0.4, 0.5) is 0 Å². The lowest BCUT2D eigenvalue weighted by molar-refractivity contribution is 0.0835. The molecule has 2 fully saturated rings. The average molecular weight is 331 g/mol. The largest absolute Gasteiger partial charge is 0.368 e. The number of ether oxygens (including phenoxy) is 1. The topological polar surface area (TPSA) is 69.2 Å². The first-order valence-electron chi connectivity index (χ1n) is 9.01.